The number of unbranched alkanes of at least 4 members (excludes halogenated alkanes) is 3. The van der Waals surface area contributed by atoms with Gasteiger partial charge in [0, 0.05) is 75.3 Å². The van der Waals surface area contributed by atoms with Gasteiger partial charge in [0.25, 0.3) is 0 Å². The number of thioether (sulfide) groups is 1. The second-order valence-corrected chi connectivity index (χ2v) is 15.6. The predicted octanol–water partition coefficient (Wildman–Crippen LogP) is 4.72. The molecule has 0 saturated heterocycles. The SMILES string of the molecule is CCC(SCC(N)C(=O)O)C(=O)N(C=O)CCCCCC(=O)NCCCCN1N=C(c2ccc(NC(=O)N3Cc4ccncc4C3)cc2)C(c2ccccc2)CC1=O. The van der Waals surface area contributed by atoms with Crippen LogP contribution in [0.2, 0.25) is 0 Å². The number of fused-ring (bicyclic) bond motifs is 1. The molecule has 2 aliphatic rings. The smallest absolute Gasteiger partial charge is 0.322 e. The van der Waals surface area contributed by atoms with E-state index in [9.17, 15) is 28.8 Å². The van der Waals surface area contributed by atoms with E-state index < -0.39 is 17.3 Å². The molecule has 3 heterocycles. The second kappa shape index (κ2) is 21.8. The number of aliphatic carboxylic acids is 1. The van der Waals surface area contributed by atoms with Crippen LogP contribution >= 0.6 is 11.8 Å². The van der Waals surface area contributed by atoms with Gasteiger partial charge in [0.2, 0.25) is 24.1 Å². The van der Waals surface area contributed by atoms with Crippen molar-refractivity contribution in [2.75, 3.05) is 30.7 Å². The lowest BCUT2D eigenvalue weighted by atomic mass is 9.86. The van der Waals surface area contributed by atoms with Crippen molar-refractivity contribution in [1.29, 1.82) is 0 Å². The Kier molecular flexibility index (Phi) is 16.3. The lowest BCUT2D eigenvalue weighted by molar-refractivity contribution is -0.139. The van der Waals surface area contributed by atoms with Crippen molar-refractivity contribution in [3.8, 4) is 0 Å². The number of hydrogen-bond acceptors (Lipinski definition) is 10. The van der Waals surface area contributed by atoms with E-state index in [2.05, 4.69) is 15.6 Å². The van der Waals surface area contributed by atoms with Crippen molar-refractivity contribution in [2.24, 2.45) is 10.8 Å². The van der Waals surface area contributed by atoms with Crippen molar-refractivity contribution in [1.82, 2.24) is 25.1 Å². The maximum atomic E-state index is 13.3. The van der Waals surface area contributed by atoms with Gasteiger partial charge in [0.1, 0.15) is 6.04 Å². The highest BCUT2D eigenvalue weighted by atomic mass is 32.2. The van der Waals surface area contributed by atoms with Crippen LogP contribution in [0.3, 0.4) is 0 Å². The molecule has 3 atom stereocenters. The number of carbonyl (C=O) groups is 6. The highest BCUT2D eigenvalue weighted by molar-refractivity contribution is 8.00. The lowest BCUT2D eigenvalue weighted by Gasteiger charge is -2.30. The molecule has 0 fully saturated rings. The zero-order valence-corrected chi connectivity index (χ0v) is 33.6. The van der Waals surface area contributed by atoms with E-state index >= 15 is 0 Å². The van der Waals surface area contributed by atoms with Crippen molar-refractivity contribution in [2.45, 2.75) is 88.6 Å². The molecule has 15 nitrogen and oxygen atoms in total. The molecule has 58 heavy (non-hydrogen) atoms. The Labute approximate surface area is 342 Å². The Morgan fingerprint density at radius 3 is 2.47 bits per heavy atom. The minimum atomic E-state index is -1.14. The van der Waals surface area contributed by atoms with Crippen LogP contribution in [0.4, 0.5) is 10.5 Å². The van der Waals surface area contributed by atoms with Crippen molar-refractivity contribution < 1.29 is 33.9 Å². The number of nitrogens with zero attached hydrogens (tertiary/aromatic N) is 5. The summed E-state index contributed by atoms with van der Waals surface area (Å²) < 4.78 is 0. The zero-order chi connectivity index (χ0) is 41.4. The standard InChI is InChI=1S/C42H52N8O7S/c1-2-36(58-27-35(43)41(55)56)40(54)48(28-51)21-9-4-7-13-37(52)45-19-8-10-22-50-38(53)23-34(29-11-5-3-6-12-29)39(47-50)30-14-16-33(17-15-30)46-42(57)49-25-31-18-20-44-24-32(31)26-49/h3,5-6,11-12,14-18,20,24,28,34-36H,2,4,7-10,13,19,21-23,25-27,43H2,1H3,(H,45,52)(H,46,57)(H,55,56). The number of aromatic nitrogens is 1. The number of carboxylic acid groups (broad SMARTS) is 1. The number of hydrazone groups is 1. The minimum Gasteiger partial charge on any atom is -0.480 e. The zero-order valence-electron chi connectivity index (χ0n) is 32.8. The highest BCUT2D eigenvalue weighted by Crippen LogP contribution is 2.31. The monoisotopic (exact) mass is 812 g/mol. The van der Waals surface area contributed by atoms with E-state index in [-0.39, 0.29) is 48.4 Å². The Balaban J connectivity index is 1.05. The number of anilines is 1. The van der Waals surface area contributed by atoms with Gasteiger partial charge in [0.05, 0.1) is 11.0 Å². The summed E-state index contributed by atoms with van der Waals surface area (Å²) in [5, 5.41) is 20.7. The summed E-state index contributed by atoms with van der Waals surface area (Å²) in [4.78, 5) is 81.2. The van der Waals surface area contributed by atoms with Crippen LogP contribution in [0.1, 0.15) is 86.5 Å². The third-order valence-corrected chi connectivity index (χ3v) is 11.6. The highest BCUT2D eigenvalue weighted by Gasteiger charge is 2.32. The molecule has 0 radical (unpaired) electrons. The van der Waals surface area contributed by atoms with E-state index in [4.69, 9.17) is 15.9 Å². The third-order valence-electron chi connectivity index (χ3n) is 10.1. The summed E-state index contributed by atoms with van der Waals surface area (Å²) in [6.07, 6.45) is 8.08. The summed E-state index contributed by atoms with van der Waals surface area (Å²) in [5.74, 6) is -1.85. The molecule has 2 aliphatic heterocycles. The number of urea groups is 1. The summed E-state index contributed by atoms with van der Waals surface area (Å²) in [7, 11) is 0. The van der Waals surface area contributed by atoms with Gasteiger partial charge >= 0.3 is 12.0 Å². The normalized spacial score (nSPS) is 15.9. The molecule has 3 unspecified atom stereocenters. The number of nitrogens with one attached hydrogen (secondary N) is 2. The predicted molar refractivity (Wildman–Crippen MR) is 222 cm³/mol. The fourth-order valence-corrected chi connectivity index (χ4v) is 7.91. The second-order valence-electron chi connectivity index (χ2n) is 14.4. The van der Waals surface area contributed by atoms with Gasteiger partial charge in [-0.3, -0.25) is 33.9 Å². The molecule has 0 bridgehead atoms. The van der Waals surface area contributed by atoms with Crippen LogP contribution in [0.5, 0.6) is 0 Å². The molecule has 0 saturated carbocycles. The van der Waals surface area contributed by atoms with Crippen molar-refractivity contribution in [3.05, 3.63) is 95.3 Å². The summed E-state index contributed by atoms with van der Waals surface area (Å²) in [6.45, 7) is 3.90. The minimum absolute atomic E-state index is 0.0654. The largest absolute Gasteiger partial charge is 0.480 e. The van der Waals surface area contributed by atoms with Crippen LogP contribution in [-0.4, -0.2) is 103 Å². The fraction of sp³-hybridized carbons (Fsp3) is 0.429. The van der Waals surface area contributed by atoms with Gasteiger partial charge in [-0.2, -0.15) is 5.10 Å². The van der Waals surface area contributed by atoms with Gasteiger partial charge in [0.15, 0.2) is 0 Å². The number of imide groups is 1. The molecular weight excluding hydrogens is 761 g/mol. The topological polar surface area (TPSA) is 208 Å². The average Bonchev–Trinajstić information content (AvgIpc) is 3.68. The molecule has 5 rings (SSSR count). The van der Waals surface area contributed by atoms with Gasteiger partial charge in [-0.15, -0.1) is 11.8 Å². The Hall–Kier alpha value is -5.61. The molecular formula is C42H52N8O7S. The first kappa shape index (κ1) is 43.5. The number of nitrogens with two attached hydrogens (primary N) is 1. The first-order valence-corrected chi connectivity index (χ1v) is 20.8. The first-order valence-electron chi connectivity index (χ1n) is 19.7. The number of rotatable bonds is 21. The van der Waals surface area contributed by atoms with Crippen LogP contribution in [0.15, 0.2) is 78.2 Å². The molecule has 3 aromatic rings. The molecule has 6 amide bonds. The Morgan fingerprint density at radius 1 is 1.00 bits per heavy atom. The van der Waals surface area contributed by atoms with Crippen molar-refractivity contribution in [3.63, 3.8) is 0 Å². The van der Waals surface area contributed by atoms with Gasteiger partial charge in [-0.25, -0.2) is 9.80 Å². The van der Waals surface area contributed by atoms with Gasteiger partial charge in [-0.05, 0) is 72.6 Å². The van der Waals surface area contributed by atoms with Crippen LogP contribution in [0.25, 0.3) is 0 Å². The lowest BCUT2D eigenvalue weighted by Crippen LogP contribution is -2.39. The maximum Gasteiger partial charge on any atom is 0.322 e. The number of carbonyl (C=O) groups excluding carboxylic acids is 5. The molecule has 0 aliphatic carbocycles. The molecule has 0 spiro atoms. The molecule has 5 N–H and O–H groups in total. The fourth-order valence-electron chi connectivity index (χ4n) is 6.82. The molecule has 2 aromatic carbocycles. The van der Waals surface area contributed by atoms with Gasteiger partial charge in [-0.1, -0.05) is 55.8 Å². The Bertz CT molecular complexity index is 1900. The first-order chi connectivity index (χ1) is 28.1. The number of hydrogen-bond donors (Lipinski definition) is 4. The summed E-state index contributed by atoms with van der Waals surface area (Å²) in [5.41, 5.74) is 10.9. The van der Waals surface area contributed by atoms with Gasteiger partial charge < -0.3 is 26.4 Å². The molecule has 16 heteroatoms. The number of amides is 6. The number of benzene rings is 2. The van der Waals surface area contributed by atoms with E-state index in [1.54, 1.807) is 24.2 Å². The van der Waals surface area contributed by atoms with Crippen LogP contribution in [-0.2, 0) is 37.1 Å². The van der Waals surface area contributed by atoms with E-state index in [0.717, 1.165) is 44.6 Å². The van der Waals surface area contributed by atoms with E-state index in [1.807, 2.05) is 60.7 Å². The maximum absolute atomic E-state index is 13.3. The van der Waals surface area contributed by atoms with Crippen molar-refractivity contribution >= 4 is 59.3 Å². The summed E-state index contributed by atoms with van der Waals surface area (Å²) >= 11 is 1.13. The molecule has 1 aromatic heterocycles. The van der Waals surface area contributed by atoms with E-state index in [1.165, 1.54) is 5.01 Å². The average molecular weight is 813 g/mol. The quantitative estimate of drug-likeness (QED) is 0.0860. The third kappa shape index (κ3) is 12.2. The van der Waals surface area contributed by atoms with Crippen LogP contribution in [0, 0.1) is 0 Å². The molecule has 308 valence electrons. The number of carboxylic acids is 1. The number of pyridine rings is 1. The van der Waals surface area contributed by atoms with Crippen LogP contribution < -0.4 is 16.4 Å². The summed E-state index contributed by atoms with van der Waals surface area (Å²) in [6, 6.07) is 18.0. The van der Waals surface area contributed by atoms with E-state index in [0.29, 0.717) is 83.2 Å². The Morgan fingerprint density at radius 2 is 1.76 bits per heavy atom.